The fourth-order valence-electron chi connectivity index (χ4n) is 4.02. The van der Waals surface area contributed by atoms with Gasteiger partial charge in [-0.3, -0.25) is 9.59 Å². The van der Waals surface area contributed by atoms with Gasteiger partial charge in [-0.05, 0) is 55.7 Å². The lowest BCUT2D eigenvalue weighted by atomic mass is 9.83. The maximum Gasteiger partial charge on any atom is 0.336 e. The normalized spacial score (nSPS) is 16.1. The first-order valence-corrected chi connectivity index (χ1v) is 11.2. The maximum absolute atomic E-state index is 13.9. The lowest BCUT2D eigenvalue weighted by Gasteiger charge is -2.34. The molecule has 0 spiro atoms. The van der Waals surface area contributed by atoms with Crippen molar-refractivity contribution in [3.63, 3.8) is 0 Å². The van der Waals surface area contributed by atoms with E-state index in [-0.39, 0.29) is 31.4 Å². The third kappa shape index (κ3) is 5.66. The summed E-state index contributed by atoms with van der Waals surface area (Å²) >= 11 is 0. The first-order chi connectivity index (χ1) is 15.8. The molecule has 2 amide bonds. The molecule has 0 saturated carbocycles. The molecule has 174 valence electrons. The van der Waals surface area contributed by atoms with Crippen LogP contribution in [0.1, 0.15) is 61.0 Å². The first kappa shape index (κ1) is 24.2. The molecule has 2 aromatic rings. The van der Waals surface area contributed by atoms with E-state index in [9.17, 15) is 18.8 Å². The number of allylic oxidation sites excluding steroid dienone is 1. The Bertz CT molecular complexity index is 1080. The number of hydrogen-bond acceptors (Lipinski definition) is 4. The van der Waals surface area contributed by atoms with Crippen molar-refractivity contribution in [1.29, 1.82) is 0 Å². The summed E-state index contributed by atoms with van der Waals surface area (Å²) in [5.74, 6) is -1.89. The molecule has 0 radical (unpaired) electrons. The zero-order valence-electron chi connectivity index (χ0n) is 19.2. The SMILES string of the molecule is CCCNC(=O)c1cccc(CN2C(=O)CC(c3cccc(F)c3)C(C(=O)OCC)=C2C)c1. The predicted molar refractivity (Wildman–Crippen MR) is 123 cm³/mol. The van der Waals surface area contributed by atoms with Crippen LogP contribution in [-0.2, 0) is 20.9 Å². The minimum atomic E-state index is -0.588. The summed E-state index contributed by atoms with van der Waals surface area (Å²) in [4.78, 5) is 39.8. The van der Waals surface area contributed by atoms with Gasteiger partial charge in [0.1, 0.15) is 5.82 Å². The van der Waals surface area contributed by atoms with Crippen LogP contribution in [0.5, 0.6) is 0 Å². The van der Waals surface area contributed by atoms with Crippen LogP contribution in [0.4, 0.5) is 4.39 Å². The number of carbonyl (C=O) groups excluding carboxylic acids is 3. The van der Waals surface area contributed by atoms with Gasteiger partial charge in [-0.15, -0.1) is 0 Å². The van der Waals surface area contributed by atoms with Gasteiger partial charge in [0.25, 0.3) is 5.91 Å². The molecular weight excluding hydrogens is 423 g/mol. The Hall–Kier alpha value is -3.48. The number of benzene rings is 2. The molecule has 2 aromatic carbocycles. The van der Waals surface area contributed by atoms with Crippen LogP contribution < -0.4 is 5.32 Å². The summed E-state index contributed by atoms with van der Waals surface area (Å²) in [7, 11) is 0. The van der Waals surface area contributed by atoms with Gasteiger partial charge in [-0.25, -0.2) is 9.18 Å². The van der Waals surface area contributed by atoms with E-state index in [0.717, 1.165) is 12.0 Å². The number of carbonyl (C=O) groups is 3. The molecule has 1 heterocycles. The van der Waals surface area contributed by atoms with Crippen LogP contribution >= 0.6 is 0 Å². The van der Waals surface area contributed by atoms with Crippen molar-refractivity contribution in [2.45, 2.75) is 46.1 Å². The minimum Gasteiger partial charge on any atom is -0.463 e. The Morgan fingerprint density at radius 3 is 2.61 bits per heavy atom. The highest BCUT2D eigenvalue weighted by Gasteiger charge is 2.37. The lowest BCUT2D eigenvalue weighted by Crippen LogP contribution is -2.38. The molecule has 0 saturated heterocycles. The molecule has 33 heavy (non-hydrogen) atoms. The van der Waals surface area contributed by atoms with Crippen molar-refractivity contribution in [3.8, 4) is 0 Å². The van der Waals surface area contributed by atoms with E-state index in [1.807, 2.05) is 13.0 Å². The largest absolute Gasteiger partial charge is 0.463 e. The third-order valence-corrected chi connectivity index (χ3v) is 5.63. The number of ether oxygens (including phenoxy) is 1. The van der Waals surface area contributed by atoms with Gasteiger partial charge in [0.2, 0.25) is 5.91 Å². The Labute approximate surface area is 193 Å². The highest BCUT2D eigenvalue weighted by Crippen LogP contribution is 2.38. The summed E-state index contributed by atoms with van der Waals surface area (Å²) < 4.78 is 19.2. The maximum atomic E-state index is 13.9. The molecule has 7 heteroatoms. The summed E-state index contributed by atoms with van der Waals surface area (Å²) in [5.41, 5.74) is 2.65. The predicted octanol–water partition coefficient (Wildman–Crippen LogP) is 4.32. The summed E-state index contributed by atoms with van der Waals surface area (Å²) in [6.45, 7) is 6.37. The summed E-state index contributed by atoms with van der Waals surface area (Å²) in [5, 5.41) is 2.84. The van der Waals surface area contributed by atoms with Gasteiger partial charge in [0, 0.05) is 30.1 Å². The zero-order valence-corrected chi connectivity index (χ0v) is 19.2. The van der Waals surface area contributed by atoms with Crippen molar-refractivity contribution in [2.24, 2.45) is 0 Å². The monoisotopic (exact) mass is 452 g/mol. The summed E-state index contributed by atoms with van der Waals surface area (Å²) in [6.07, 6.45) is 0.854. The Morgan fingerprint density at radius 1 is 1.15 bits per heavy atom. The Balaban J connectivity index is 1.95. The second-order valence-corrected chi connectivity index (χ2v) is 7.97. The Kier molecular flexibility index (Phi) is 7.98. The average molecular weight is 453 g/mol. The molecule has 0 aromatic heterocycles. The highest BCUT2D eigenvalue weighted by molar-refractivity contribution is 5.96. The van der Waals surface area contributed by atoms with Crippen molar-refractivity contribution in [1.82, 2.24) is 10.2 Å². The molecule has 3 rings (SSSR count). The fraction of sp³-hybridized carbons (Fsp3) is 0.346. The molecule has 0 aliphatic carbocycles. The Morgan fingerprint density at radius 2 is 1.91 bits per heavy atom. The van der Waals surface area contributed by atoms with Gasteiger partial charge >= 0.3 is 5.97 Å². The smallest absolute Gasteiger partial charge is 0.336 e. The highest BCUT2D eigenvalue weighted by atomic mass is 19.1. The van der Waals surface area contributed by atoms with Gasteiger partial charge in [0.05, 0.1) is 18.7 Å². The van der Waals surface area contributed by atoms with Crippen LogP contribution in [0.15, 0.2) is 59.8 Å². The van der Waals surface area contributed by atoms with Crippen LogP contribution in [0.25, 0.3) is 0 Å². The van der Waals surface area contributed by atoms with Crippen LogP contribution in [0.3, 0.4) is 0 Å². The number of rotatable bonds is 8. The molecule has 1 unspecified atom stereocenters. The second-order valence-electron chi connectivity index (χ2n) is 7.97. The van der Waals surface area contributed by atoms with Crippen molar-refractivity contribution in [2.75, 3.05) is 13.2 Å². The topological polar surface area (TPSA) is 75.7 Å². The van der Waals surface area contributed by atoms with E-state index in [1.165, 1.54) is 17.0 Å². The van der Waals surface area contributed by atoms with Gasteiger partial charge in [0.15, 0.2) is 0 Å². The molecule has 0 fully saturated rings. The number of amides is 2. The molecule has 1 aliphatic rings. The first-order valence-electron chi connectivity index (χ1n) is 11.2. The lowest BCUT2D eigenvalue weighted by molar-refractivity contribution is -0.140. The average Bonchev–Trinajstić information content (AvgIpc) is 2.80. The van der Waals surface area contributed by atoms with Crippen molar-refractivity contribution < 1.29 is 23.5 Å². The van der Waals surface area contributed by atoms with Gasteiger partial charge in [-0.2, -0.15) is 0 Å². The molecule has 0 bridgehead atoms. The second kappa shape index (κ2) is 10.9. The third-order valence-electron chi connectivity index (χ3n) is 5.63. The number of nitrogens with zero attached hydrogens (tertiary/aromatic N) is 1. The number of halogens is 1. The molecular formula is C26H29FN2O4. The number of esters is 1. The van der Waals surface area contributed by atoms with E-state index in [1.54, 1.807) is 44.2 Å². The summed E-state index contributed by atoms with van der Waals surface area (Å²) in [6, 6.07) is 13.0. The van der Waals surface area contributed by atoms with Crippen LogP contribution in [0, 0.1) is 5.82 Å². The quantitative estimate of drug-likeness (QED) is 0.606. The van der Waals surface area contributed by atoms with Gasteiger partial charge in [-0.1, -0.05) is 31.2 Å². The van der Waals surface area contributed by atoms with Crippen LogP contribution in [-0.4, -0.2) is 35.8 Å². The standard InChI is InChI=1S/C26H29FN2O4/c1-4-12-28-25(31)20-10-6-8-18(13-20)16-29-17(3)24(26(32)33-5-2)22(15-23(29)30)19-9-7-11-21(27)14-19/h6-11,13-14,22H,4-5,12,15-16H2,1-3H3,(H,28,31). The van der Waals surface area contributed by atoms with E-state index in [0.29, 0.717) is 28.9 Å². The zero-order chi connectivity index (χ0) is 24.0. The molecule has 6 nitrogen and oxygen atoms in total. The van der Waals surface area contributed by atoms with Crippen molar-refractivity contribution in [3.05, 3.63) is 82.3 Å². The number of hydrogen-bond donors (Lipinski definition) is 1. The van der Waals surface area contributed by atoms with Gasteiger partial charge < -0.3 is 15.0 Å². The number of nitrogens with one attached hydrogen (secondary N) is 1. The van der Waals surface area contributed by atoms with Crippen molar-refractivity contribution >= 4 is 17.8 Å². The van der Waals surface area contributed by atoms with E-state index >= 15 is 0 Å². The minimum absolute atomic E-state index is 0.0195. The van der Waals surface area contributed by atoms with E-state index < -0.39 is 17.7 Å². The van der Waals surface area contributed by atoms with E-state index in [2.05, 4.69) is 5.32 Å². The molecule has 1 aliphatic heterocycles. The fourth-order valence-corrected chi connectivity index (χ4v) is 4.02. The van der Waals surface area contributed by atoms with E-state index in [4.69, 9.17) is 4.74 Å². The molecule has 1 atom stereocenters. The van der Waals surface area contributed by atoms with Crippen LogP contribution in [0.2, 0.25) is 0 Å². The molecule has 1 N–H and O–H groups in total.